The van der Waals surface area contributed by atoms with Gasteiger partial charge >= 0.3 is 0 Å². The lowest BCUT2D eigenvalue weighted by atomic mass is 10.1. The molecule has 3 nitrogen and oxygen atoms in total. The quantitative estimate of drug-likeness (QED) is 0.793. The summed E-state index contributed by atoms with van der Waals surface area (Å²) in [6.45, 7) is 2.40. The summed E-state index contributed by atoms with van der Waals surface area (Å²) in [6.07, 6.45) is -0.167. The lowest BCUT2D eigenvalue weighted by Crippen LogP contribution is -2.18. The van der Waals surface area contributed by atoms with Crippen LogP contribution in [0.2, 0.25) is 0 Å². The molecule has 2 N–H and O–H groups in total. The van der Waals surface area contributed by atoms with Crippen LogP contribution in [0.5, 0.6) is 5.75 Å². The van der Waals surface area contributed by atoms with Crippen molar-refractivity contribution in [1.29, 1.82) is 0 Å². The van der Waals surface area contributed by atoms with Gasteiger partial charge in [0, 0.05) is 17.6 Å². The molecule has 0 bridgehead atoms. The molecule has 2 aromatic carbocycles. The number of rotatable bonds is 4. The highest BCUT2D eigenvalue weighted by molar-refractivity contribution is 5.84. The number of hydrogen-bond acceptors (Lipinski definition) is 3. The van der Waals surface area contributed by atoms with Gasteiger partial charge in [-0.2, -0.15) is 0 Å². The van der Waals surface area contributed by atoms with E-state index in [-0.39, 0.29) is 6.10 Å². The van der Waals surface area contributed by atoms with E-state index in [1.807, 2.05) is 61.5 Å². The van der Waals surface area contributed by atoms with Crippen LogP contribution in [0, 0.1) is 6.92 Å². The lowest BCUT2D eigenvalue weighted by molar-refractivity contribution is 0.216. The number of para-hydroxylation sites is 1. The van der Waals surface area contributed by atoms with Crippen molar-refractivity contribution in [2.24, 2.45) is 5.73 Å². The second-order valence-corrected chi connectivity index (χ2v) is 5.03. The van der Waals surface area contributed by atoms with Crippen LogP contribution in [0.25, 0.3) is 10.9 Å². The molecular weight excluding hydrogens is 260 g/mol. The Morgan fingerprint density at radius 2 is 1.81 bits per heavy atom. The second-order valence-electron chi connectivity index (χ2n) is 5.03. The molecule has 0 aliphatic rings. The first-order valence-electron chi connectivity index (χ1n) is 7.06. The molecule has 106 valence electrons. The zero-order valence-corrected chi connectivity index (χ0v) is 12.0. The number of nitrogens with two attached hydrogens (primary N) is 1. The number of pyridine rings is 1. The monoisotopic (exact) mass is 278 g/mol. The summed E-state index contributed by atoms with van der Waals surface area (Å²) in [7, 11) is 0. The third-order valence-electron chi connectivity index (χ3n) is 3.48. The minimum absolute atomic E-state index is 0.167. The number of benzene rings is 2. The Balaban J connectivity index is 1.99. The Kier molecular flexibility index (Phi) is 3.84. The number of hydrogen-bond donors (Lipinski definition) is 1. The Labute approximate surface area is 124 Å². The number of aryl methyl sites for hydroxylation is 1. The van der Waals surface area contributed by atoms with Gasteiger partial charge in [-0.3, -0.25) is 0 Å². The highest BCUT2D eigenvalue weighted by Crippen LogP contribution is 2.28. The summed E-state index contributed by atoms with van der Waals surface area (Å²) < 4.78 is 6.13. The standard InChI is InChI=1S/C18H18N2O/c1-13-10-11-15-8-5-9-16(18(15)20-13)21-17(12-19)14-6-3-2-4-7-14/h2-11,17H,12,19H2,1H3. The molecule has 1 unspecified atom stereocenters. The van der Waals surface area contributed by atoms with E-state index < -0.39 is 0 Å². The van der Waals surface area contributed by atoms with Gasteiger partial charge in [0.2, 0.25) is 0 Å². The van der Waals surface area contributed by atoms with Crippen molar-refractivity contribution in [3.8, 4) is 5.75 Å². The average molecular weight is 278 g/mol. The van der Waals surface area contributed by atoms with Crippen LogP contribution in [-0.4, -0.2) is 11.5 Å². The summed E-state index contributed by atoms with van der Waals surface area (Å²) in [5, 5.41) is 1.07. The number of nitrogens with zero attached hydrogens (tertiary/aromatic N) is 1. The first-order valence-corrected chi connectivity index (χ1v) is 7.06. The minimum atomic E-state index is -0.167. The Morgan fingerprint density at radius 3 is 2.57 bits per heavy atom. The molecule has 1 atom stereocenters. The van der Waals surface area contributed by atoms with Crippen LogP contribution >= 0.6 is 0 Å². The van der Waals surface area contributed by atoms with E-state index in [1.54, 1.807) is 0 Å². The summed E-state index contributed by atoms with van der Waals surface area (Å²) in [5.41, 5.74) is 8.81. The van der Waals surface area contributed by atoms with E-state index in [4.69, 9.17) is 10.5 Å². The van der Waals surface area contributed by atoms with Crippen molar-refractivity contribution in [3.05, 3.63) is 71.9 Å². The maximum absolute atomic E-state index is 6.13. The summed E-state index contributed by atoms with van der Waals surface area (Å²) >= 11 is 0. The van der Waals surface area contributed by atoms with Crippen LogP contribution in [0.1, 0.15) is 17.4 Å². The second kappa shape index (κ2) is 5.94. The van der Waals surface area contributed by atoms with E-state index in [1.165, 1.54) is 0 Å². The van der Waals surface area contributed by atoms with Gasteiger partial charge in [-0.05, 0) is 24.6 Å². The molecule has 21 heavy (non-hydrogen) atoms. The number of aromatic nitrogens is 1. The largest absolute Gasteiger partial charge is 0.482 e. The van der Waals surface area contributed by atoms with Gasteiger partial charge in [0.05, 0.1) is 0 Å². The molecule has 0 aliphatic heterocycles. The van der Waals surface area contributed by atoms with Gasteiger partial charge in [-0.15, -0.1) is 0 Å². The number of fused-ring (bicyclic) bond motifs is 1. The topological polar surface area (TPSA) is 48.1 Å². The van der Waals surface area contributed by atoms with Crippen LogP contribution in [0.4, 0.5) is 0 Å². The molecule has 0 spiro atoms. The summed E-state index contributed by atoms with van der Waals surface area (Å²) in [4.78, 5) is 4.59. The SMILES string of the molecule is Cc1ccc2cccc(OC(CN)c3ccccc3)c2n1. The van der Waals surface area contributed by atoms with E-state index >= 15 is 0 Å². The van der Waals surface area contributed by atoms with Gasteiger partial charge in [0.15, 0.2) is 0 Å². The fraction of sp³-hybridized carbons (Fsp3) is 0.167. The normalized spacial score (nSPS) is 12.3. The maximum Gasteiger partial charge on any atom is 0.146 e. The fourth-order valence-corrected chi connectivity index (χ4v) is 2.39. The highest BCUT2D eigenvalue weighted by Gasteiger charge is 2.13. The van der Waals surface area contributed by atoms with Crippen molar-refractivity contribution in [2.45, 2.75) is 13.0 Å². The molecule has 3 aromatic rings. The van der Waals surface area contributed by atoms with Gasteiger partial charge in [-0.1, -0.05) is 48.5 Å². The van der Waals surface area contributed by atoms with Crippen molar-refractivity contribution >= 4 is 10.9 Å². The minimum Gasteiger partial charge on any atom is -0.482 e. The zero-order valence-electron chi connectivity index (χ0n) is 12.0. The smallest absolute Gasteiger partial charge is 0.146 e. The molecule has 0 amide bonds. The Hall–Kier alpha value is -2.39. The lowest BCUT2D eigenvalue weighted by Gasteiger charge is -2.18. The van der Waals surface area contributed by atoms with E-state index in [2.05, 4.69) is 11.1 Å². The van der Waals surface area contributed by atoms with Gasteiger partial charge in [0.25, 0.3) is 0 Å². The molecule has 1 aromatic heterocycles. The van der Waals surface area contributed by atoms with Gasteiger partial charge < -0.3 is 10.5 Å². The van der Waals surface area contributed by atoms with E-state index in [9.17, 15) is 0 Å². The molecule has 0 saturated carbocycles. The highest BCUT2D eigenvalue weighted by atomic mass is 16.5. The predicted octanol–water partition coefficient (Wildman–Crippen LogP) is 3.62. The first kappa shape index (κ1) is 13.6. The van der Waals surface area contributed by atoms with E-state index in [0.717, 1.165) is 27.9 Å². The average Bonchev–Trinajstić information content (AvgIpc) is 2.53. The van der Waals surface area contributed by atoms with Crippen molar-refractivity contribution in [1.82, 2.24) is 4.98 Å². The predicted molar refractivity (Wildman–Crippen MR) is 85.3 cm³/mol. The molecular formula is C18H18N2O. The van der Waals surface area contributed by atoms with Crippen LogP contribution in [0.15, 0.2) is 60.7 Å². The molecule has 0 aliphatic carbocycles. The van der Waals surface area contributed by atoms with Gasteiger partial charge in [0.1, 0.15) is 17.4 Å². The zero-order chi connectivity index (χ0) is 14.7. The Bertz CT molecular complexity index is 741. The summed E-state index contributed by atoms with van der Waals surface area (Å²) in [6, 6.07) is 20.1. The van der Waals surface area contributed by atoms with Crippen LogP contribution in [0.3, 0.4) is 0 Å². The first-order chi connectivity index (χ1) is 10.3. The fourth-order valence-electron chi connectivity index (χ4n) is 2.39. The maximum atomic E-state index is 6.13. The molecule has 0 radical (unpaired) electrons. The van der Waals surface area contributed by atoms with Crippen molar-refractivity contribution in [3.63, 3.8) is 0 Å². The Morgan fingerprint density at radius 1 is 1.00 bits per heavy atom. The third kappa shape index (κ3) is 2.88. The molecule has 3 rings (SSSR count). The molecule has 0 saturated heterocycles. The molecule has 3 heteroatoms. The van der Waals surface area contributed by atoms with Crippen molar-refractivity contribution in [2.75, 3.05) is 6.54 Å². The van der Waals surface area contributed by atoms with Crippen molar-refractivity contribution < 1.29 is 4.74 Å². The van der Waals surface area contributed by atoms with Gasteiger partial charge in [-0.25, -0.2) is 4.98 Å². The summed E-state index contributed by atoms with van der Waals surface area (Å²) in [5.74, 6) is 0.774. The number of ether oxygens (including phenoxy) is 1. The van der Waals surface area contributed by atoms with Crippen LogP contribution < -0.4 is 10.5 Å². The van der Waals surface area contributed by atoms with E-state index in [0.29, 0.717) is 6.54 Å². The molecule has 0 fully saturated rings. The van der Waals surface area contributed by atoms with Crippen LogP contribution in [-0.2, 0) is 0 Å². The molecule has 1 heterocycles. The third-order valence-corrected chi connectivity index (χ3v) is 3.48.